The number of ether oxygens (including phenoxy) is 6. The van der Waals surface area contributed by atoms with Crippen molar-refractivity contribution >= 4 is 82.8 Å². The fraction of sp³-hybridized carbons (Fsp3) is 0.868. The summed E-state index contributed by atoms with van der Waals surface area (Å²) in [5.41, 5.74) is 10.8. The van der Waals surface area contributed by atoms with Crippen molar-refractivity contribution in [1.29, 1.82) is 0 Å². The van der Waals surface area contributed by atoms with Crippen LogP contribution in [0.3, 0.4) is 0 Å². The van der Waals surface area contributed by atoms with Gasteiger partial charge in [-0.2, -0.15) is 0 Å². The second kappa shape index (κ2) is 105. The molecule has 5 atom stereocenters. The van der Waals surface area contributed by atoms with E-state index in [0.717, 1.165) is 83.6 Å². The van der Waals surface area contributed by atoms with Gasteiger partial charge >= 0.3 is 47.8 Å². The van der Waals surface area contributed by atoms with E-state index < -0.39 is 42.0 Å². The van der Waals surface area contributed by atoms with Gasteiger partial charge in [0.2, 0.25) is 5.91 Å². The lowest BCUT2D eigenvalue weighted by atomic mass is 10.1. The van der Waals surface area contributed by atoms with E-state index in [-0.39, 0.29) is 142 Å². The zero-order valence-corrected chi connectivity index (χ0v) is 88.0. The summed E-state index contributed by atoms with van der Waals surface area (Å²) in [7, 11) is 1.31. The Morgan fingerprint density at radius 3 is 0.898 bits per heavy atom. The van der Waals surface area contributed by atoms with Crippen molar-refractivity contribution in [3.8, 4) is 0 Å². The van der Waals surface area contributed by atoms with Crippen molar-refractivity contribution in [2.24, 2.45) is 16.5 Å². The Bertz CT molecular complexity index is 2990. The zero-order chi connectivity index (χ0) is 102. The number of nitrogens with two attached hydrogens (primary N) is 2. The maximum Gasteiger partial charge on any atom is 0.320 e. The number of guanidine groups is 1. The average molecular weight is 1950 g/mol. The van der Waals surface area contributed by atoms with E-state index in [0.29, 0.717) is 85.0 Å². The van der Waals surface area contributed by atoms with Crippen LogP contribution in [0.15, 0.2) is 4.99 Å². The SMILES string of the molecule is CCCCCCCCCCCCOC(=O)CCN1CCCC1C(C)=O.CCCCCCCCCCCCOC(=O)CCNC(CC(N)=O)C(C)=O.CCCCCCCCCCCCOC(=O)CCNC(CCC(C)=O)C(=O)O.CCCCCCCCCCCCOC(=O)CCNC(CCCN=C(N)NCCC(=O)OC)C(=O)O.CCCCCCCCCCCCOC(=O)CCNC(CO)C(C)=O. The van der Waals surface area contributed by atoms with Crippen LogP contribution in [0.2, 0.25) is 0 Å². The maximum absolute atomic E-state index is 11.9. The summed E-state index contributed by atoms with van der Waals surface area (Å²) in [5.74, 6) is -4.06. The van der Waals surface area contributed by atoms with Crippen LogP contribution in [0.4, 0.5) is 0 Å². The average Bonchev–Trinajstić information content (AvgIpc) is 1.74. The first kappa shape index (κ1) is 136. The summed E-state index contributed by atoms with van der Waals surface area (Å²) in [6, 6.07) is -2.76. The van der Waals surface area contributed by atoms with Crippen LogP contribution in [0.1, 0.15) is 467 Å². The normalized spacial score (nSPS) is 13.1. The van der Waals surface area contributed by atoms with Gasteiger partial charge in [-0.15, -0.1) is 0 Å². The molecule has 0 aromatic rings. The number of carbonyl (C=O) groups excluding carboxylic acids is 11. The van der Waals surface area contributed by atoms with E-state index >= 15 is 0 Å². The molecular weight excluding hydrogens is 1750 g/mol. The first-order valence-corrected chi connectivity index (χ1v) is 54.0. The molecule has 1 heterocycles. The summed E-state index contributed by atoms with van der Waals surface area (Å²) in [5, 5.41) is 41.6. The molecule has 1 saturated heterocycles. The second-order valence-corrected chi connectivity index (χ2v) is 36.7. The van der Waals surface area contributed by atoms with Crippen LogP contribution in [0.25, 0.3) is 0 Å². The predicted molar refractivity (Wildman–Crippen MR) is 547 cm³/mol. The molecule has 802 valence electrons. The molecule has 1 amide bonds. The van der Waals surface area contributed by atoms with Crippen molar-refractivity contribution in [3.63, 3.8) is 0 Å². The number of rotatable bonds is 92. The number of aliphatic carboxylic acids is 2. The third-order valence-electron chi connectivity index (χ3n) is 23.9. The lowest BCUT2D eigenvalue weighted by Crippen LogP contribution is -2.39. The Balaban J connectivity index is -0.000000812. The van der Waals surface area contributed by atoms with Crippen LogP contribution < -0.4 is 38.1 Å². The highest BCUT2D eigenvalue weighted by Gasteiger charge is 2.29. The minimum absolute atomic E-state index is 0.0229. The second-order valence-electron chi connectivity index (χ2n) is 36.7. The predicted octanol–water partition coefficient (Wildman–Crippen LogP) is 18.9. The van der Waals surface area contributed by atoms with Crippen LogP contribution in [-0.2, 0) is 90.8 Å². The third kappa shape index (κ3) is 102. The van der Waals surface area contributed by atoms with Gasteiger partial charge in [-0.05, 0) is 98.4 Å². The molecular formula is C106H201N9O22. The number of nitrogens with one attached hydrogen (secondary N) is 5. The molecule has 12 N–H and O–H groups in total. The van der Waals surface area contributed by atoms with Crippen molar-refractivity contribution in [2.75, 3.05) is 99.1 Å². The first-order valence-electron chi connectivity index (χ1n) is 54.0. The molecule has 0 spiro atoms. The monoisotopic (exact) mass is 1950 g/mol. The lowest BCUT2D eigenvalue weighted by Gasteiger charge is -2.21. The third-order valence-corrected chi connectivity index (χ3v) is 23.9. The van der Waals surface area contributed by atoms with E-state index in [1.807, 2.05) is 0 Å². The number of aliphatic hydroxyl groups excluding tert-OH is 1. The van der Waals surface area contributed by atoms with Gasteiger partial charge in [0, 0.05) is 58.7 Å². The number of aliphatic imine (C=N–C) groups is 1. The summed E-state index contributed by atoms with van der Waals surface area (Å²) >= 11 is 0. The molecule has 5 unspecified atom stereocenters. The quantitative estimate of drug-likeness (QED) is 0.00889. The number of ketones is 4. The largest absolute Gasteiger partial charge is 0.480 e. The van der Waals surface area contributed by atoms with E-state index in [1.54, 1.807) is 6.92 Å². The Labute approximate surface area is 828 Å². The Kier molecular flexibility index (Phi) is 104. The number of amides is 1. The Morgan fingerprint density at radius 1 is 0.350 bits per heavy atom. The van der Waals surface area contributed by atoms with Gasteiger partial charge in [-0.1, -0.05) is 324 Å². The fourth-order valence-electron chi connectivity index (χ4n) is 15.2. The molecule has 1 fully saturated rings. The Hall–Kier alpha value is -7.06. The summed E-state index contributed by atoms with van der Waals surface area (Å²) in [6.07, 6.45) is 66.9. The number of unbranched alkanes of at least 4 members (excludes halogenated alkanes) is 45. The molecule has 0 saturated carbocycles. The number of hydrogen-bond donors (Lipinski definition) is 10. The topological polar surface area (TPSA) is 466 Å². The minimum atomic E-state index is -1.00. The highest BCUT2D eigenvalue weighted by molar-refractivity contribution is 5.88. The molecule has 1 aliphatic heterocycles. The lowest BCUT2D eigenvalue weighted by molar-refractivity contribution is -0.145. The number of carboxylic acids is 2. The maximum atomic E-state index is 11.9. The number of carbonyl (C=O) groups is 13. The van der Waals surface area contributed by atoms with Crippen molar-refractivity contribution in [1.82, 2.24) is 31.5 Å². The van der Waals surface area contributed by atoms with Gasteiger partial charge in [0.1, 0.15) is 35.2 Å². The summed E-state index contributed by atoms with van der Waals surface area (Å²) in [4.78, 5) is 154. The molecule has 0 aromatic carbocycles. The summed E-state index contributed by atoms with van der Waals surface area (Å²) in [6.45, 7) is 22.5. The summed E-state index contributed by atoms with van der Waals surface area (Å²) < 4.78 is 30.6. The van der Waals surface area contributed by atoms with E-state index in [9.17, 15) is 67.4 Å². The smallest absolute Gasteiger partial charge is 0.320 e. The molecule has 1 aliphatic rings. The number of Topliss-reactive ketones (excluding diaryl/α,β-unsaturated/α-hetero) is 4. The van der Waals surface area contributed by atoms with Crippen molar-refractivity contribution in [2.45, 2.75) is 497 Å². The molecule has 0 aliphatic carbocycles. The standard InChI is InChI=1S/C25H48N4O6.C21H39NO5.C21H39NO3.C20H38N2O4.C19H37NO4/c1-3-4-5-6-7-8-9-10-11-12-20-35-23(31)16-18-27-21(24(32)33)14-13-17-28-25(26)29-19-15-22(30)34-2;1-3-4-5-6-7-8-9-10-11-12-17-27-20(24)15-16-22-19(21(25)26)14-13-18(2)23;1-3-4-5-6-7-8-9-10-11-12-18-25-21(24)15-17-22-16-13-14-20(22)19(2)23;1-3-4-5-6-7-8-9-10-11-12-15-26-20(25)13-14-22-18(17(2)23)16-19(21)24;1-3-4-5-6-7-8-9-10-11-12-15-24-19(23)13-14-20-18(16-21)17(2)22/h21,27H,3-20H2,1-2H3,(H,32,33)(H3,26,28,29);19,22H,3-17H2,1-2H3,(H,25,26);20H,3-18H2,1-2H3;18,22H,3-16H2,1-2H3,(H2,21,24);18,20-21H,3-16H2,1-2H3. The van der Waals surface area contributed by atoms with Crippen molar-refractivity contribution < 1.29 is 106 Å². The van der Waals surface area contributed by atoms with Gasteiger partial charge in [-0.3, -0.25) is 67.4 Å². The van der Waals surface area contributed by atoms with E-state index in [1.165, 1.54) is 285 Å². The zero-order valence-electron chi connectivity index (χ0n) is 88.0. The van der Waals surface area contributed by atoms with Crippen LogP contribution in [0.5, 0.6) is 0 Å². The number of methoxy groups -OCH3 is 1. The van der Waals surface area contributed by atoms with Gasteiger partial charge < -0.3 is 86.6 Å². The molecule has 0 bridgehead atoms. The number of carboxylic acid groups (broad SMARTS) is 2. The molecule has 31 heteroatoms. The molecule has 0 radical (unpaired) electrons. The number of aliphatic hydroxyl groups is 1. The molecule has 31 nitrogen and oxygen atoms in total. The fourth-order valence-corrected chi connectivity index (χ4v) is 15.2. The van der Waals surface area contributed by atoms with Crippen LogP contribution >= 0.6 is 0 Å². The van der Waals surface area contributed by atoms with Gasteiger partial charge in [-0.25, -0.2) is 0 Å². The highest BCUT2D eigenvalue weighted by atomic mass is 16.6. The molecule has 0 aromatic heterocycles. The first-order chi connectivity index (χ1) is 66.1. The number of likely N-dealkylation sites (tertiary alicyclic amines) is 1. The van der Waals surface area contributed by atoms with Gasteiger partial charge in [0.25, 0.3) is 0 Å². The van der Waals surface area contributed by atoms with E-state index in [4.69, 9.17) is 45.4 Å². The van der Waals surface area contributed by atoms with Crippen molar-refractivity contribution in [3.05, 3.63) is 0 Å². The minimum Gasteiger partial charge on any atom is -0.480 e. The van der Waals surface area contributed by atoms with E-state index in [2.05, 4.69) is 75.8 Å². The highest BCUT2D eigenvalue weighted by Crippen LogP contribution is 2.20. The molecule has 137 heavy (non-hydrogen) atoms. The van der Waals surface area contributed by atoms with Crippen LogP contribution in [0, 0.1) is 0 Å². The Morgan fingerprint density at radius 2 is 0.628 bits per heavy atom. The number of hydrogen-bond acceptors (Lipinski definition) is 26. The number of primary amides is 1. The molecule has 1 rings (SSSR count). The van der Waals surface area contributed by atoms with Crippen LogP contribution in [-0.4, -0.2) is 232 Å². The van der Waals surface area contributed by atoms with Gasteiger partial charge in [0.15, 0.2) is 5.96 Å². The number of nitrogens with zero attached hydrogens (tertiary/aromatic N) is 2. The van der Waals surface area contributed by atoms with Gasteiger partial charge in [0.05, 0.1) is 103 Å². The number of esters is 6.